The molecule has 1 heterocycles. The van der Waals surface area contributed by atoms with Crippen molar-refractivity contribution in [2.45, 2.75) is 46.3 Å². The average Bonchev–Trinajstić information content (AvgIpc) is 3.22. The molecule has 0 aliphatic carbocycles. The van der Waals surface area contributed by atoms with E-state index in [9.17, 15) is 4.79 Å². The standard InChI is InChI=1S/C32H33N3O/c1-4-35-30-13-9-8-12-28(30)29-20-25(14-19-31(29)35)22-34(21-24-10-6-5-7-11-24)32(36)33-27-17-15-26(16-18-27)23(2)3/h5-20,23H,4,21-22H2,1-3H3,(H,33,36). The lowest BCUT2D eigenvalue weighted by atomic mass is 10.0. The molecule has 1 N–H and O–H groups in total. The normalized spacial score (nSPS) is 11.3. The maximum absolute atomic E-state index is 13.5. The zero-order chi connectivity index (χ0) is 25.1. The van der Waals surface area contributed by atoms with Crippen molar-refractivity contribution in [1.82, 2.24) is 9.47 Å². The topological polar surface area (TPSA) is 37.3 Å². The summed E-state index contributed by atoms with van der Waals surface area (Å²) in [5, 5.41) is 5.59. The zero-order valence-electron chi connectivity index (χ0n) is 21.2. The highest BCUT2D eigenvalue weighted by molar-refractivity contribution is 6.08. The van der Waals surface area contributed by atoms with E-state index in [1.807, 2.05) is 35.2 Å². The summed E-state index contributed by atoms with van der Waals surface area (Å²) in [5.74, 6) is 0.456. The van der Waals surface area contributed by atoms with Gasteiger partial charge in [0.25, 0.3) is 0 Å². The Morgan fingerprint density at radius 3 is 2.17 bits per heavy atom. The van der Waals surface area contributed by atoms with E-state index in [0.717, 1.165) is 23.4 Å². The summed E-state index contributed by atoms with van der Waals surface area (Å²) < 4.78 is 2.35. The van der Waals surface area contributed by atoms with E-state index in [1.165, 1.54) is 27.4 Å². The molecule has 182 valence electrons. The summed E-state index contributed by atoms with van der Waals surface area (Å²) in [7, 11) is 0. The Hall–Kier alpha value is -4.05. The molecule has 0 saturated carbocycles. The highest BCUT2D eigenvalue weighted by Crippen LogP contribution is 2.30. The molecule has 4 aromatic carbocycles. The number of nitrogens with one attached hydrogen (secondary N) is 1. The molecule has 4 heteroatoms. The van der Waals surface area contributed by atoms with Gasteiger partial charge in [0, 0.05) is 47.1 Å². The van der Waals surface area contributed by atoms with Gasteiger partial charge in [0.1, 0.15) is 0 Å². The molecule has 1 aromatic heterocycles. The molecule has 2 amide bonds. The Morgan fingerprint density at radius 2 is 1.44 bits per heavy atom. The number of hydrogen-bond acceptors (Lipinski definition) is 1. The molecule has 5 rings (SSSR count). The van der Waals surface area contributed by atoms with Gasteiger partial charge in [-0.2, -0.15) is 0 Å². The third-order valence-electron chi connectivity index (χ3n) is 6.86. The van der Waals surface area contributed by atoms with Gasteiger partial charge in [-0.1, -0.05) is 80.6 Å². The van der Waals surface area contributed by atoms with Crippen LogP contribution in [0.15, 0.2) is 97.1 Å². The number of urea groups is 1. The molecule has 0 fully saturated rings. The number of nitrogens with zero attached hydrogens (tertiary/aromatic N) is 2. The number of fused-ring (bicyclic) bond motifs is 3. The molecule has 0 aliphatic heterocycles. The number of aryl methyl sites for hydroxylation is 1. The van der Waals surface area contributed by atoms with Gasteiger partial charge in [0.2, 0.25) is 0 Å². The molecule has 0 aliphatic rings. The number of amides is 2. The van der Waals surface area contributed by atoms with Crippen LogP contribution in [-0.4, -0.2) is 15.5 Å². The van der Waals surface area contributed by atoms with Crippen LogP contribution < -0.4 is 5.32 Å². The van der Waals surface area contributed by atoms with Gasteiger partial charge >= 0.3 is 6.03 Å². The Morgan fingerprint density at radius 1 is 0.778 bits per heavy atom. The van der Waals surface area contributed by atoms with E-state index in [-0.39, 0.29) is 6.03 Å². The van der Waals surface area contributed by atoms with Crippen LogP contribution >= 0.6 is 0 Å². The fraction of sp³-hybridized carbons (Fsp3) is 0.219. The molecular weight excluding hydrogens is 442 g/mol. The Kier molecular flexibility index (Phi) is 6.77. The third kappa shape index (κ3) is 4.85. The Labute approximate surface area is 213 Å². The summed E-state index contributed by atoms with van der Waals surface area (Å²) in [6.07, 6.45) is 0. The lowest BCUT2D eigenvalue weighted by Gasteiger charge is -2.24. The third-order valence-corrected chi connectivity index (χ3v) is 6.86. The summed E-state index contributed by atoms with van der Waals surface area (Å²) in [6.45, 7) is 8.49. The van der Waals surface area contributed by atoms with Gasteiger partial charge in [-0.05, 0) is 59.9 Å². The van der Waals surface area contributed by atoms with Crippen LogP contribution in [0.3, 0.4) is 0 Å². The van der Waals surface area contributed by atoms with E-state index in [4.69, 9.17) is 0 Å². The van der Waals surface area contributed by atoms with Gasteiger partial charge in [-0.15, -0.1) is 0 Å². The van der Waals surface area contributed by atoms with Crippen molar-refractivity contribution in [3.8, 4) is 0 Å². The van der Waals surface area contributed by atoms with E-state index in [0.29, 0.717) is 19.0 Å². The lowest BCUT2D eigenvalue weighted by molar-refractivity contribution is 0.206. The van der Waals surface area contributed by atoms with Crippen LogP contribution in [0.4, 0.5) is 10.5 Å². The zero-order valence-corrected chi connectivity index (χ0v) is 21.2. The van der Waals surface area contributed by atoms with Crippen molar-refractivity contribution in [3.63, 3.8) is 0 Å². The minimum atomic E-state index is -0.104. The number of benzene rings is 4. The van der Waals surface area contributed by atoms with E-state index >= 15 is 0 Å². The maximum Gasteiger partial charge on any atom is 0.322 e. The highest BCUT2D eigenvalue weighted by atomic mass is 16.2. The second-order valence-corrected chi connectivity index (χ2v) is 9.66. The smallest absolute Gasteiger partial charge is 0.322 e. The van der Waals surface area contributed by atoms with Gasteiger partial charge in [0.05, 0.1) is 0 Å². The average molecular weight is 476 g/mol. The monoisotopic (exact) mass is 475 g/mol. The van der Waals surface area contributed by atoms with E-state index in [1.54, 1.807) is 0 Å². The number of carbonyl (C=O) groups excluding carboxylic acids is 1. The first-order chi connectivity index (χ1) is 17.5. The molecule has 0 unspecified atom stereocenters. The van der Waals surface area contributed by atoms with Gasteiger partial charge in [0.15, 0.2) is 0 Å². The minimum Gasteiger partial charge on any atom is -0.341 e. The van der Waals surface area contributed by atoms with Crippen molar-refractivity contribution in [2.75, 3.05) is 5.32 Å². The van der Waals surface area contributed by atoms with Crippen LogP contribution in [0.2, 0.25) is 0 Å². The minimum absolute atomic E-state index is 0.104. The van der Waals surface area contributed by atoms with Gasteiger partial charge in [-0.25, -0.2) is 4.79 Å². The second-order valence-electron chi connectivity index (χ2n) is 9.66. The number of hydrogen-bond donors (Lipinski definition) is 1. The number of para-hydroxylation sites is 1. The molecule has 36 heavy (non-hydrogen) atoms. The Balaban J connectivity index is 1.45. The van der Waals surface area contributed by atoms with E-state index < -0.39 is 0 Å². The lowest BCUT2D eigenvalue weighted by Crippen LogP contribution is -2.34. The predicted molar refractivity (Wildman–Crippen MR) is 150 cm³/mol. The maximum atomic E-state index is 13.5. The fourth-order valence-corrected chi connectivity index (χ4v) is 4.92. The molecule has 0 bridgehead atoms. The van der Waals surface area contributed by atoms with Crippen molar-refractivity contribution in [3.05, 3.63) is 114 Å². The Bertz CT molecular complexity index is 1480. The molecule has 0 saturated heterocycles. The first-order valence-corrected chi connectivity index (χ1v) is 12.7. The second kappa shape index (κ2) is 10.3. The largest absolute Gasteiger partial charge is 0.341 e. The molecule has 4 nitrogen and oxygen atoms in total. The molecule has 0 atom stereocenters. The highest BCUT2D eigenvalue weighted by Gasteiger charge is 2.17. The van der Waals surface area contributed by atoms with Crippen LogP contribution in [0, 0.1) is 0 Å². The summed E-state index contributed by atoms with van der Waals surface area (Å²) in [5.41, 5.74) is 6.76. The SMILES string of the molecule is CCn1c2ccccc2c2cc(CN(Cc3ccccc3)C(=O)Nc3ccc(C(C)C)cc3)ccc21. The number of rotatable bonds is 7. The number of aromatic nitrogens is 1. The molecule has 0 spiro atoms. The quantitative estimate of drug-likeness (QED) is 0.253. The van der Waals surface area contributed by atoms with Crippen molar-refractivity contribution in [2.24, 2.45) is 0 Å². The van der Waals surface area contributed by atoms with E-state index in [2.05, 4.69) is 97.4 Å². The predicted octanol–water partition coefficient (Wildman–Crippen LogP) is 8.17. The molecular formula is C32H33N3O. The summed E-state index contributed by atoms with van der Waals surface area (Å²) in [6, 6.07) is 33.3. The summed E-state index contributed by atoms with van der Waals surface area (Å²) >= 11 is 0. The van der Waals surface area contributed by atoms with Crippen LogP contribution in [0.1, 0.15) is 43.4 Å². The van der Waals surface area contributed by atoms with Crippen LogP contribution in [0.5, 0.6) is 0 Å². The molecule has 5 aromatic rings. The van der Waals surface area contributed by atoms with Crippen LogP contribution in [-0.2, 0) is 19.6 Å². The summed E-state index contributed by atoms with van der Waals surface area (Å²) in [4.78, 5) is 15.4. The first kappa shape index (κ1) is 23.7. The first-order valence-electron chi connectivity index (χ1n) is 12.7. The van der Waals surface area contributed by atoms with Crippen molar-refractivity contribution < 1.29 is 4.79 Å². The number of carbonyl (C=O) groups is 1. The fourth-order valence-electron chi connectivity index (χ4n) is 4.92. The van der Waals surface area contributed by atoms with Crippen molar-refractivity contribution in [1.29, 1.82) is 0 Å². The number of anilines is 1. The molecule has 0 radical (unpaired) electrons. The van der Waals surface area contributed by atoms with Crippen LogP contribution in [0.25, 0.3) is 21.8 Å². The van der Waals surface area contributed by atoms with Gasteiger partial charge in [-0.3, -0.25) is 0 Å². The van der Waals surface area contributed by atoms with Gasteiger partial charge < -0.3 is 14.8 Å². The van der Waals surface area contributed by atoms with Crippen molar-refractivity contribution >= 4 is 33.5 Å².